The van der Waals surface area contributed by atoms with Crippen LogP contribution in [0.3, 0.4) is 0 Å². The van der Waals surface area contributed by atoms with E-state index in [-0.39, 0.29) is 11.3 Å². The number of morpholine rings is 1. The molecule has 0 unspecified atom stereocenters. The molecule has 1 amide bonds. The summed E-state index contributed by atoms with van der Waals surface area (Å²) < 4.78 is 53.8. The Bertz CT molecular complexity index is 1310. The molecule has 10 heteroatoms. The van der Waals surface area contributed by atoms with Crippen molar-refractivity contribution in [3.05, 3.63) is 78.1 Å². The monoisotopic (exact) mass is 499 g/mol. The third-order valence-corrected chi connectivity index (χ3v) is 6.88. The molecule has 0 spiro atoms. The van der Waals surface area contributed by atoms with E-state index in [4.69, 9.17) is 9.47 Å². The summed E-state index contributed by atoms with van der Waals surface area (Å²) in [4.78, 5) is 14.5. The molecule has 184 valence electrons. The van der Waals surface area contributed by atoms with E-state index in [2.05, 4.69) is 10.0 Å². The first kappa shape index (κ1) is 24.5. The number of amides is 1. The first-order valence-electron chi connectivity index (χ1n) is 11.0. The minimum atomic E-state index is -4.06. The molecule has 1 aliphatic heterocycles. The van der Waals surface area contributed by atoms with E-state index in [9.17, 15) is 17.6 Å². The Morgan fingerprint density at radius 1 is 1.06 bits per heavy atom. The zero-order valence-electron chi connectivity index (χ0n) is 19.2. The quantitative estimate of drug-likeness (QED) is 0.491. The lowest BCUT2D eigenvalue weighted by molar-refractivity contribution is -0.115. The number of benzene rings is 3. The maximum atomic E-state index is 13.5. The fraction of sp³-hybridized carbons (Fsp3) is 0.240. The van der Waals surface area contributed by atoms with Gasteiger partial charge in [-0.15, -0.1) is 0 Å². The fourth-order valence-electron chi connectivity index (χ4n) is 3.84. The van der Waals surface area contributed by atoms with Gasteiger partial charge in [-0.25, -0.2) is 12.8 Å². The Morgan fingerprint density at radius 2 is 1.83 bits per heavy atom. The van der Waals surface area contributed by atoms with Gasteiger partial charge in [0.1, 0.15) is 16.5 Å². The molecule has 0 bridgehead atoms. The number of carbonyl (C=O) groups is 1. The highest BCUT2D eigenvalue weighted by Gasteiger charge is 2.25. The molecule has 0 atom stereocenters. The molecule has 2 N–H and O–H groups in total. The number of para-hydroxylation sites is 2. The number of hydrogen-bond acceptors (Lipinski definition) is 6. The van der Waals surface area contributed by atoms with E-state index >= 15 is 0 Å². The van der Waals surface area contributed by atoms with E-state index in [1.54, 1.807) is 42.5 Å². The molecule has 1 saturated heterocycles. The van der Waals surface area contributed by atoms with Crippen LogP contribution in [0.2, 0.25) is 0 Å². The van der Waals surface area contributed by atoms with Gasteiger partial charge in [-0.2, -0.15) is 0 Å². The maximum Gasteiger partial charge on any atom is 0.264 e. The Hall–Kier alpha value is -3.63. The summed E-state index contributed by atoms with van der Waals surface area (Å²) in [6.45, 7) is 2.02. The molecular formula is C25H26FN3O5S. The number of anilines is 3. The average Bonchev–Trinajstić information content (AvgIpc) is 2.84. The summed E-state index contributed by atoms with van der Waals surface area (Å²) in [6, 6.07) is 17.2. The van der Waals surface area contributed by atoms with Crippen molar-refractivity contribution >= 4 is 33.0 Å². The second kappa shape index (κ2) is 10.7. The van der Waals surface area contributed by atoms with Gasteiger partial charge in [0.2, 0.25) is 5.91 Å². The van der Waals surface area contributed by atoms with Crippen LogP contribution in [0.4, 0.5) is 21.5 Å². The smallest absolute Gasteiger partial charge is 0.264 e. The molecule has 4 rings (SSSR count). The number of hydrogen-bond donors (Lipinski definition) is 2. The first-order chi connectivity index (χ1) is 16.9. The van der Waals surface area contributed by atoms with Gasteiger partial charge in [-0.1, -0.05) is 24.3 Å². The van der Waals surface area contributed by atoms with E-state index in [0.29, 0.717) is 54.7 Å². The minimum Gasteiger partial charge on any atom is -0.495 e. The van der Waals surface area contributed by atoms with Crippen LogP contribution in [0, 0.1) is 5.82 Å². The van der Waals surface area contributed by atoms with Gasteiger partial charge in [-0.3, -0.25) is 9.52 Å². The number of carbonyl (C=O) groups excluding carboxylic acids is 1. The van der Waals surface area contributed by atoms with Crippen LogP contribution in [0.5, 0.6) is 5.75 Å². The predicted octanol–water partition coefficient (Wildman–Crippen LogP) is 3.65. The Balaban J connectivity index is 1.64. The van der Waals surface area contributed by atoms with Crippen molar-refractivity contribution in [3.8, 4) is 5.75 Å². The van der Waals surface area contributed by atoms with Crippen LogP contribution in [-0.2, 0) is 26.0 Å². The van der Waals surface area contributed by atoms with Crippen molar-refractivity contribution in [1.29, 1.82) is 0 Å². The number of rotatable bonds is 8. The summed E-state index contributed by atoms with van der Waals surface area (Å²) in [6.07, 6.45) is -0.0511. The molecule has 0 aliphatic carbocycles. The topological polar surface area (TPSA) is 97.0 Å². The molecule has 0 aromatic heterocycles. The lowest BCUT2D eigenvalue weighted by atomic mass is 10.1. The van der Waals surface area contributed by atoms with Gasteiger partial charge in [0.05, 0.1) is 38.1 Å². The second-order valence-corrected chi connectivity index (χ2v) is 9.59. The van der Waals surface area contributed by atoms with E-state index in [1.807, 2.05) is 4.90 Å². The molecule has 0 saturated carbocycles. The zero-order chi connectivity index (χ0) is 24.8. The Labute approximate surface area is 203 Å². The Kier molecular flexibility index (Phi) is 7.52. The highest BCUT2D eigenvalue weighted by molar-refractivity contribution is 7.93. The lowest BCUT2D eigenvalue weighted by Gasteiger charge is -2.30. The van der Waals surface area contributed by atoms with Crippen molar-refractivity contribution in [2.24, 2.45) is 0 Å². The highest BCUT2D eigenvalue weighted by Crippen LogP contribution is 2.33. The first-order valence-corrected chi connectivity index (χ1v) is 12.5. The summed E-state index contributed by atoms with van der Waals surface area (Å²) in [7, 11) is -2.60. The fourth-order valence-corrected chi connectivity index (χ4v) is 5.16. The molecule has 1 fully saturated rings. The number of methoxy groups -OCH3 is 1. The van der Waals surface area contributed by atoms with Crippen LogP contribution >= 0.6 is 0 Å². The molecule has 3 aromatic rings. The largest absolute Gasteiger partial charge is 0.495 e. The molecule has 1 aliphatic rings. The summed E-state index contributed by atoms with van der Waals surface area (Å²) >= 11 is 0. The van der Waals surface area contributed by atoms with Crippen LogP contribution in [-0.4, -0.2) is 47.7 Å². The van der Waals surface area contributed by atoms with Gasteiger partial charge in [0.15, 0.2) is 0 Å². The normalized spacial score (nSPS) is 13.8. The van der Waals surface area contributed by atoms with Gasteiger partial charge in [-0.05, 0) is 48.0 Å². The van der Waals surface area contributed by atoms with Crippen LogP contribution in [0.1, 0.15) is 5.56 Å². The standard InChI is InChI=1S/C25H26FN3O5S/c1-33-23-8-3-2-7-21(23)28-35(31,32)24-17-20(9-10-22(24)29-11-13-34-14-12-29)27-25(30)16-18-5-4-6-19(26)15-18/h2-10,15,17,28H,11-14,16H2,1H3,(H,27,30). The second-order valence-electron chi connectivity index (χ2n) is 7.94. The summed E-state index contributed by atoms with van der Waals surface area (Å²) in [5.74, 6) is -0.444. The predicted molar refractivity (Wildman–Crippen MR) is 132 cm³/mol. The van der Waals surface area contributed by atoms with Crippen molar-refractivity contribution in [2.75, 3.05) is 48.4 Å². The number of nitrogens with one attached hydrogen (secondary N) is 2. The van der Waals surface area contributed by atoms with Gasteiger partial charge in [0, 0.05) is 18.8 Å². The molecule has 8 nitrogen and oxygen atoms in total. The molecule has 0 radical (unpaired) electrons. The third kappa shape index (κ3) is 6.09. The van der Waals surface area contributed by atoms with E-state index < -0.39 is 21.7 Å². The van der Waals surface area contributed by atoms with Crippen molar-refractivity contribution in [3.63, 3.8) is 0 Å². The van der Waals surface area contributed by atoms with Crippen molar-refractivity contribution in [1.82, 2.24) is 0 Å². The number of nitrogens with zero attached hydrogens (tertiary/aromatic N) is 1. The number of halogens is 1. The average molecular weight is 500 g/mol. The van der Waals surface area contributed by atoms with Crippen LogP contribution in [0.25, 0.3) is 0 Å². The van der Waals surface area contributed by atoms with Gasteiger partial charge >= 0.3 is 0 Å². The summed E-state index contributed by atoms with van der Waals surface area (Å²) in [5, 5.41) is 2.72. The van der Waals surface area contributed by atoms with Gasteiger partial charge in [0.25, 0.3) is 10.0 Å². The maximum absolute atomic E-state index is 13.5. The van der Waals surface area contributed by atoms with Crippen molar-refractivity contribution < 1.29 is 27.1 Å². The lowest BCUT2D eigenvalue weighted by Crippen LogP contribution is -2.37. The highest BCUT2D eigenvalue weighted by atomic mass is 32.2. The zero-order valence-corrected chi connectivity index (χ0v) is 20.0. The molecule has 1 heterocycles. The molecule has 35 heavy (non-hydrogen) atoms. The van der Waals surface area contributed by atoms with Crippen LogP contribution < -0.4 is 19.7 Å². The SMILES string of the molecule is COc1ccccc1NS(=O)(=O)c1cc(NC(=O)Cc2cccc(F)c2)ccc1N1CCOCC1. The summed E-state index contributed by atoms with van der Waals surface area (Å²) in [5.41, 5.74) is 1.62. The Morgan fingerprint density at radius 3 is 2.57 bits per heavy atom. The van der Waals surface area contributed by atoms with Gasteiger partial charge < -0.3 is 19.7 Å². The molecule has 3 aromatic carbocycles. The van der Waals surface area contributed by atoms with Crippen LogP contribution in [0.15, 0.2) is 71.6 Å². The third-order valence-electron chi connectivity index (χ3n) is 5.49. The number of ether oxygens (including phenoxy) is 2. The number of sulfonamides is 1. The van der Waals surface area contributed by atoms with Crippen molar-refractivity contribution in [2.45, 2.75) is 11.3 Å². The molecular weight excluding hydrogens is 473 g/mol. The minimum absolute atomic E-state index is 0.00821. The van der Waals surface area contributed by atoms with E-state index in [0.717, 1.165) is 0 Å². The van der Waals surface area contributed by atoms with E-state index in [1.165, 1.54) is 31.4 Å².